The molecule has 1 atom stereocenters. The molecule has 2 aromatic carbocycles. The number of amides is 2. The summed E-state index contributed by atoms with van der Waals surface area (Å²) < 4.78 is 0. The number of halogens is 1. The van der Waals surface area contributed by atoms with E-state index < -0.39 is 6.04 Å². The highest BCUT2D eigenvalue weighted by molar-refractivity contribution is 6.31. The fourth-order valence-electron chi connectivity index (χ4n) is 2.64. The van der Waals surface area contributed by atoms with Gasteiger partial charge < -0.3 is 10.3 Å². The molecule has 6 nitrogen and oxygen atoms in total. The molecule has 0 aliphatic carbocycles. The van der Waals surface area contributed by atoms with Crippen LogP contribution in [0, 0.1) is 0 Å². The van der Waals surface area contributed by atoms with Crippen LogP contribution in [0.5, 0.6) is 0 Å². The lowest BCUT2D eigenvalue weighted by atomic mass is 10.1. The number of H-pyrrole nitrogens is 1. The van der Waals surface area contributed by atoms with Crippen LogP contribution in [0.15, 0.2) is 48.5 Å². The molecule has 2 amide bonds. The number of rotatable bonds is 6. The van der Waals surface area contributed by atoms with E-state index in [0.717, 1.165) is 17.5 Å². The standard InChI is InChI=1S/C19H19ClN4O2/c1-2-6-16(21-17(25)12-7-5-8-13(20)11-12)18(26)24-19-22-14-9-3-4-10-15(14)23-19/h3-5,7-11,16H,2,6H2,1H3,(H,21,25)(H2,22,23,24,26)/t16-/m0/s1. The van der Waals surface area contributed by atoms with Gasteiger partial charge in [-0.3, -0.25) is 14.9 Å². The third-order valence-corrected chi connectivity index (χ3v) is 4.15. The first-order valence-corrected chi connectivity index (χ1v) is 8.76. The van der Waals surface area contributed by atoms with Gasteiger partial charge in [-0.1, -0.05) is 43.1 Å². The third-order valence-electron chi connectivity index (χ3n) is 3.92. The zero-order chi connectivity index (χ0) is 18.5. The Morgan fingerprint density at radius 3 is 2.73 bits per heavy atom. The van der Waals surface area contributed by atoms with E-state index in [1.165, 1.54) is 0 Å². The van der Waals surface area contributed by atoms with Crippen LogP contribution in [-0.2, 0) is 4.79 Å². The maximum absolute atomic E-state index is 12.6. The Balaban J connectivity index is 1.71. The molecule has 7 heteroatoms. The molecular weight excluding hydrogens is 352 g/mol. The molecule has 0 aliphatic heterocycles. The fraction of sp³-hybridized carbons (Fsp3) is 0.211. The molecule has 1 aromatic heterocycles. The SMILES string of the molecule is CCC[C@H](NC(=O)c1cccc(Cl)c1)C(=O)Nc1nc2ccccc2[nH]1. The van der Waals surface area contributed by atoms with Crippen LogP contribution < -0.4 is 10.6 Å². The Bertz CT molecular complexity index is 905. The summed E-state index contributed by atoms with van der Waals surface area (Å²) in [4.78, 5) is 32.4. The van der Waals surface area contributed by atoms with Gasteiger partial charge in [0.25, 0.3) is 5.91 Å². The normalized spacial score (nSPS) is 11.9. The first-order chi connectivity index (χ1) is 12.6. The van der Waals surface area contributed by atoms with Crippen molar-refractivity contribution in [3.8, 4) is 0 Å². The van der Waals surface area contributed by atoms with Gasteiger partial charge in [0.1, 0.15) is 6.04 Å². The maximum Gasteiger partial charge on any atom is 0.251 e. The summed E-state index contributed by atoms with van der Waals surface area (Å²) in [7, 11) is 0. The summed E-state index contributed by atoms with van der Waals surface area (Å²) in [6.45, 7) is 1.95. The van der Waals surface area contributed by atoms with Gasteiger partial charge in [0.05, 0.1) is 11.0 Å². The van der Waals surface area contributed by atoms with Crippen LogP contribution in [0.2, 0.25) is 5.02 Å². The molecule has 0 fully saturated rings. The number of aromatic amines is 1. The Kier molecular flexibility index (Phi) is 5.53. The highest BCUT2D eigenvalue weighted by Gasteiger charge is 2.21. The van der Waals surface area contributed by atoms with Crippen LogP contribution in [0.3, 0.4) is 0 Å². The lowest BCUT2D eigenvalue weighted by Crippen LogP contribution is -2.43. The average molecular weight is 371 g/mol. The molecule has 0 saturated carbocycles. The smallest absolute Gasteiger partial charge is 0.251 e. The quantitative estimate of drug-likeness (QED) is 0.617. The van der Waals surface area contributed by atoms with Gasteiger partial charge in [-0.05, 0) is 36.8 Å². The number of fused-ring (bicyclic) bond motifs is 1. The molecule has 26 heavy (non-hydrogen) atoms. The predicted molar refractivity (Wildman–Crippen MR) is 102 cm³/mol. The van der Waals surface area contributed by atoms with Crippen molar-refractivity contribution in [2.45, 2.75) is 25.8 Å². The second kappa shape index (κ2) is 8.01. The second-order valence-electron chi connectivity index (χ2n) is 5.92. The monoisotopic (exact) mass is 370 g/mol. The molecule has 0 bridgehead atoms. The number of carbonyl (C=O) groups excluding carboxylic acids is 2. The van der Waals surface area contributed by atoms with E-state index in [0.29, 0.717) is 23.0 Å². The second-order valence-corrected chi connectivity index (χ2v) is 6.35. The van der Waals surface area contributed by atoms with Crippen molar-refractivity contribution in [1.82, 2.24) is 15.3 Å². The van der Waals surface area contributed by atoms with Gasteiger partial charge in [-0.15, -0.1) is 0 Å². The van der Waals surface area contributed by atoms with Gasteiger partial charge in [0.15, 0.2) is 0 Å². The number of nitrogens with zero attached hydrogens (tertiary/aromatic N) is 1. The number of nitrogens with one attached hydrogen (secondary N) is 3. The fourth-order valence-corrected chi connectivity index (χ4v) is 2.83. The Morgan fingerprint density at radius 1 is 1.19 bits per heavy atom. The lowest BCUT2D eigenvalue weighted by molar-refractivity contribution is -0.118. The van der Waals surface area contributed by atoms with Crippen molar-refractivity contribution >= 4 is 40.4 Å². The number of hydrogen-bond donors (Lipinski definition) is 3. The minimum Gasteiger partial charge on any atom is -0.340 e. The molecule has 3 N–H and O–H groups in total. The summed E-state index contributed by atoms with van der Waals surface area (Å²) in [5, 5.41) is 5.97. The van der Waals surface area contributed by atoms with Gasteiger partial charge >= 0.3 is 0 Å². The highest BCUT2D eigenvalue weighted by Crippen LogP contribution is 2.14. The molecule has 0 spiro atoms. The topological polar surface area (TPSA) is 86.9 Å². The van der Waals surface area contributed by atoms with E-state index in [1.54, 1.807) is 24.3 Å². The van der Waals surface area contributed by atoms with E-state index in [-0.39, 0.29) is 11.8 Å². The number of aromatic nitrogens is 2. The first-order valence-electron chi connectivity index (χ1n) is 8.39. The van der Waals surface area contributed by atoms with Crippen molar-refractivity contribution in [2.24, 2.45) is 0 Å². The van der Waals surface area contributed by atoms with Crippen molar-refractivity contribution in [3.63, 3.8) is 0 Å². The van der Waals surface area contributed by atoms with Crippen molar-refractivity contribution in [1.29, 1.82) is 0 Å². The van der Waals surface area contributed by atoms with Crippen LogP contribution in [-0.4, -0.2) is 27.8 Å². The zero-order valence-electron chi connectivity index (χ0n) is 14.3. The molecule has 0 aliphatic rings. The summed E-state index contributed by atoms with van der Waals surface area (Å²) in [6.07, 6.45) is 1.26. The highest BCUT2D eigenvalue weighted by atomic mass is 35.5. The summed E-state index contributed by atoms with van der Waals surface area (Å²) in [5.41, 5.74) is 2.01. The van der Waals surface area contributed by atoms with E-state index in [2.05, 4.69) is 20.6 Å². The minimum absolute atomic E-state index is 0.318. The van der Waals surface area contributed by atoms with E-state index in [4.69, 9.17) is 11.6 Å². The van der Waals surface area contributed by atoms with Crippen LogP contribution in [0.4, 0.5) is 5.95 Å². The molecule has 3 aromatic rings. The van der Waals surface area contributed by atoms with Crippen LogP contribution >= 0.6 is 11.6 Å². The number of benzene rings is 2. The zero-order valence-corrected chi connectivity index (χ0v) is 15.0. The van der Waals surface area contributed by atoms with E-state index in [9.17, 15) is 9.59 Å². The Morgan fingerprint density at radius 2 is 2.00 bits per heavy atom. The van der Waals surface area contributed by atoms with Gasteiger partial charge in [-0.2, -0.15) is 0 Å². The molecular formula is C19H19ClN4O2. The lowest BCUT2D eigenvalue weighted by Gasteiger charge is -2.17. The Hall–Kier alpha value is -2.86. The minimum atomic E-state index is -0.667. The van der Waals surface area contributed by atoms with Crippen molar-refractivity contribution in [2.75, 3.05) is 5.32 Å². The molecule has 1 heterocycles. The average Bonchev–Trinajstić information content (AvgIpc) is 3.03. The van der Waals surface area contributed by atoms with Crippen molar-refractivity contribution in [3.05, 3.63) is 59.1 Å². The number of para-hydroxylation sites is 2. The van der Waals surface area contributed by atoms with Gasteiger partial charge in [-0.25, -0.2) is 4.98 Å². The molecule has 0 radical (unpaired) electrons. The largest absolute Gasteiger partial charge is 0.340 e. The maximum atomic E-state index is 12.6. The summed E-state index contributed by atoms with van der Waals surface area (Å²) in [5.74, 6) is -0.304. The summed E-state index contributed by atoms with van der Waals surface area (Å²) in [6, 6.07) is 13.4. The summed E-state index contributed by atoms with van der Waals surface area (Å²) >= 11 is 5.92. The molecule has 0 unspecified atom stereocenters. The van der Waals surface area contributed by atoms with Gasteiger partial charge in [0, 0.05) is 10.6 Å². The first kappa shape index (κ1) is 17.9. The van der Waals surface area contributed by atoms with Crippen LogP contribution in [0.25, 0.3) is 11.0 Å². The molecule has 3 rings (SSSR count). The number of hydrogen-bond acceptors (Lipinski definition) is 3. The predicted octanol–water partition coefficient (Wildman–Crippen LogP) is 3.75. The number of anilines is 1. The molecule has 134 valence electrons. The van der Waals surface area contributed by atoms with E-state index >= 15 is 0 Å². The molecule has 0 saturated heterocycles. The van der Waals surface area contributed by atoms with Crippen LogP contribution in [0.1, 0.15) is 30.1 Å². The third kappa shape index (κ3) is 4.21. The van der Waals surface area contributed by atoms with Crippen molar-refractivity contribution < 1.29 is 9.59 Å². The van der Waals surface area contributed by atoms with Gasteiger partial charge in [0.2, 0.25) is 11.9 Å². The number of imidazole rings is 1. The Labute approximate surface area is 156 Å². The number of carbonyl (C=O) groups is 2. The van der Waals surface area contributed by atoms with E-state index in [1.807, 2.05) is 31.2 Å².